The van der Waals surface area contributed by atoms with Crippen molar-refractivity contribution in [3.05, 3.63) is 107 Å². The van der Waals surface area contributed by atoms with Crippen LogP contribution in [0.25, 0.3) is 0 Å². The van der Waals surface area contributed by atoms with Crippen molar-refractivity contribution in [2.75, 3.05) is 0 Å². The Bertz CT molecular complexity index is 1120. The lowest BCUT2D eigenvalue weighted by atomic mass is 9.83. The minimum Gasteiger partial charge on any atom is -0.386 e. The Morgan fingerprint density at radius 2 is 1.50 bits per heavy atom. The van der Waals surface area contributed by atoms with Crippen molar-refractivity contribution >= 4 is 5.91 Å². The molecule has 36 heavy (non-hydrogen) atoms. The van der Waals surface area contributed by atoms with E-state index in [1.807, 2.05) is 30.3 Å². The Kier molecular flexibility index (Phi) is 8.09. The van der Waals surface area contributed by atoms with Gasteiger partial charge in [-0.2, -0.15) is 13.2 Å². The number of halogens is 4. The highest BCUT2D eigenvalue weighted by Gasteiger charge is 2.35. The molecule has 1 aliphatic carbocycles. The number of aliphatic hydroxyl groups is 1. The van der Waals surface area contributed by atoms with E-state index < -0.39 is 35.6 Å². The maximum Gasteiger partial charge on any atom is 0.416 e. The summed E-state index contributed by atoms with van der Waals surface area (Å²) in [5.74, 6) is -0.919. The van der Waals surface area contributed by atoms with Crippen molar-refractivity contribution < 1.29 is 27.5 Å². The Balaban J connectivity index is 1.61. The van der Waals surface area contributed by atoms with Crippen LogP contribution in [0.4, 0.5) is 17.6 Å². The first-order valence-corrected chi connectivity index (χ1v) is 12.2. The van der Waals surface area contributed by atoms with Crippen molar-refractivity contribution in [2.45, 2.75) is 56.3 Å². The summed E-state index contributed by atoms with van der Waals surface area (Å²) in [7, 11) is 0. The molecule has 1 fully saturated rings. The SMILES string of the molecule is O=C(NC(Cc1ccc(C(F)(F)F)cc1)C(O)c1ccc(F)cc1)C(c1ccccc1)C1CCCC1. The van der Waals surface area contributed by atoms with Gasteiger partial charge in [0.2, 0.25) is 5.91 Å². The van der Waals surface area contributed by atoms with Crippen LogP contribution < -0.4 is 5.32 Å². The van der Waals surface area contributed by atoms with Crippen LogP contribution in [0.3, 0.4) is 0 Å². The van der Waals surface area contributed by atoms with Gasteiger partial charge in [0.1, 0.15) is 5.82 Å². The third-order valence-electron chi connectivity index (χ3n) is 6.97. The number of hydrogen-bond acceptors (Lipinski definition) is 2. The van der Waals surface area contributed by atoms with Crippen LogP contribution >= 0.6 is 0 Å². The molecule has 3 nitrogen and oxygen atoms in total. The number of carbonyl (C=O) groups excluding carboxylic acids is 1. The summed E-state index contributed by atoms with van der Waals surface area (Å²) in [6.45, 7) is 0. The lowest BCUT2D eigenvalue weighted by molar-refractivity contribution is -0.137. The van der Waals surface area contributed by atoms with E-state index in [4.69, 9.17) is 0 Å². The molecule has 3 aromatic rings. The van der Waals surface area contributed by atoms with Gasteiger partial charge in [-0.3, -0.25) is 4.79 Å². The zero-order valence-electron chi connectivity index (χ0n) is 19.7. The number of benzene rings is 3. The summed E-state index contributed by atoms with van der Waals surface area (Å²) in [6.07, 6.45) is -1.58. The molecule has 1 saturated carbocycles. The van der Waals surface area contributed by atoms with E-state index in [1.54, 1.807) is 0 Å². The molecule has 3 unspecified atom stereocenters. The van der Waals surface area contributed by atoms with Crippen LogP contribution in [0.1, 0.15) is 60.0 Å². The number of alkyl halides is 3. The van der Waals surface area contributed by atoms with E-state index in [0.29, 0.717) is 11.1 Å². The van der Waals surface area contributed by atoms with Gasteiger partial charge in [0.25, 0.3) is 0 Å². The van der Waals surface area contributed by atoms with Gasteiger partial charge in [-0.1, -0.05) is 67.4 Å². The van der Waals surface area contributed by atoms with E-state index in [0.717, 1.165) is 43.4 Å². The van der Waals surface area contributed by atoms with E-state index in [1.165, 1.54) is 36.4 Å². The predicted octanol–water partition coefficient (Wildman–Crippen LogP) is 6.58. The molecule has 1 amide bonds. The molecular weight excluding hydrogens is 470 g/mol. The first kappa shape index (κ1) is 25.9. The smallest absolute Gasteiger partial charge is 0.386 e. The van der Waals surface area contributed by atoms with Crippen molar-refractivity contribution in [1.82, 2.24) is 5.32 Å². The molecule has 0 spiro atoms. The molecule has 1 aliphatic rings. The number of hydrogen-bond donors (Lipinski definition) is 2. The fourth-order valence-electron chi connectivity index (χ4n) is 5.08. The monoisotopic (exact) mass is 499 g/mol. The second-order valence-electron chi connectivity index (χ2n) is 9.44. The molecule has 0 saturated heterocycles. The van der Waals surface area contributed by atoms with Gasteiger partial charge in [-0.05, 0) is 66.1 Å². The van der Waals surface area contributed by atoms with E-state index in [2.05, 4.69) is 5.32 Å². The lowest BCUT2D eigenvalue weighted by Crippen LogP contribution is -2.44. The molecule has 4 rings (SSSR count). The highest BCUT2D eigenvalue weighted by atomic mass is 19.4. The molecule has 0 heterocycles. The number of aliphatic hydroxyl groups excluding tert-OH is 1. The Labute approximate surface area is 208 Å². The quantitative estimate of drug-likeness (QED) is 0.344. The summed E-state index contributed by atoms with van der Waals surface area (Å²) >= 11 is 0. The molecule has 190 valence electrons. The topological polar surface area (TPSA) is 49.3 Å². The van der Waals surface area contributed by atoms with Gasteiger partial charge in [0, 0.05) is 0 Å². The molecule has 2 N–H and O–H groups in total. The van der Waals surface area contributed by atoms with Crippen LogP contribution in [0.15, 0.2) is 78.9 Å². The second kappa shape index (κ2) is 11.2. The van der Waals surface area contributed by atoms with Gasteiger partial charge in [-0.15, -0.1) is 0 Å². The van der Waals surface area contributed by atoms with E-state index >= 15 is 0 Å². The third kappa shape index (κ3) is 6.32. The second-order valence-corrected chi connectivity index (χ2v) is 9.44. The fraction of sp³-hybridized carbons (Fsp3) is 0.345. The van der Waals surface area contributed by atoms with Crippen molar-refractivity contribution in [3.8, 4) is 0 Å². The molecule has 0 radical (unpaired) electrons. The summed E-state index contributed by atoms with van der Waals surface area (Å²) < 4.78 is 52.5. The average molecular weight is 500 g/mol. The van der Waals surface area contributed by atoms with Crippen LogP contribution in [-0.2, 0) is 17.4 Å². The lowest BCUT2D eigenvalue weighted by Gasteiger charge is -2.29. The number of amides is 1. The summed E-state index contributed by atoms with van der Waals surface area (Å²) in [5.41, 5.74) is 1.07. The molecular formula is C29H29F4NO2. The van der Waals surface area contributed by atoms with Crippen LogP contribution in [0, 0.1) is 11.7 Å². The summed E-state index contributed by atoms with van der Waals surface area (Å²) in [5, 5.41) is 14.2. The Hall–Kier alpha value is -3.19. The normalized spacial score (nSPS) is 16.9. The average Bonchev–Trinajstić information content (AvgIpc) is 3.38. The molecule has 0 aromatic heterocycles. The molecule has 3 aromatic carbocycles. The van der Waals surface area contributed by atoms with E-state index in [-0.39, 0.29) is 18.2 Å². The van der Waals surface area contributed by atoms with E-state index in [9.17, 15) is 27.5 Å². The highest BCUT2D eigenvalue weighted by molar-refractivity contribution is 5.84. The maximum atomic E-state index is 13.7. The largest absolute Gasteiger partial charge is 0.416 e. The number of nitrogens with one attached hydrogen (secondary N) is 1. The van der Waals surface area contributed by atoms with Gasteiger partial charge >= 0.3 is 6.18 Å². The number of carbonyl (C=O) groups is 1. The van der Waals surface area contributed by atoms with Crippen molar-refractivity contribution in [1.29, 1.82) is 0 Å². The zero-order chi connectivity index (χ0) is 25.7. The van der Waals surface area contributed by atoms with Gasteiger partial charge in [0.15, 0.2) is 0 Å². The molecule has 0 bridgehead atoms. The van der Waals surface area contributed by atoms with Gasteiger partial charge in [-0.25, -0.2) is 4.39 Å². The summed E-state index contributed by atoms with van der Waals surface area (Å²) in [6, 6.07) is 18.7. The predicted molar refractivity (Wildman–Crippen MR) is 130 cm³/mol. The molecule has 7 heteroatoms. The zero-order valence-corrected chi connectivity index (χ0v) is 19.7. The van der Waals surface area contributed by atoms with Gasteiger partial charge < -0.3 is 10.4 Å². The summed E-state index contributed by atoms with van der Waals surface area (Å²) in [4.78, 5) is 13.7. The van der Waals surface area contributed by atoms with Crippen molar-refractivity contribution in [2.24, 2.45) is 5.92 Å². The fourth-order valence-corrected chi connectivity index (χ4v) is 5.08. The Morgan fingerprint density at radius 3 is 2.08 bits per heavy atom. The van der Waals surface area contributed by atoms with Crippen LogP contribution in [0.2, 0.25) is 0 Å². The standard InChI is InChI=1S/C29H29F4NO2/c30-24-16-12-22(13-17-24)27(35)25(18-19-10-14-23(15-11-19)29(31,32)33)34-28(36)26(21-8-4-5-9-21)20-6-2-1-3-7-20/h1-3,6-7,10-17,21,25-27,35H,4-5,8-9,18H2,(H,34,36). The maximum absolute atomic E-state index is 13.7. The van der Waals surface area contributed by atoms with Crippen LogP contribution in [0.5, 0.6) is 0 Å². The van der Waals surface area contributed by atoms with Gasteiger partial charge in [0.05, 0.1) is 23.6 Å². The van der Waals surface area contributed by atoms with Crippen molar-refractivity contribution in [3.63, 3.8) is 0 Å². The minimum atomic E-state index is -4.45. The molecule has 0 aliphatic heterocycles. The van der Waals surface area contributed by atoms with Crippen LogP contribution in [-0.4, -0.2) is 17.1 Å². The first-order chi connectivity index (χ1) is 17.2. The first-order valence-electron chi connectivity index (χ1n) is 12.2. The Morgan fingerprint density at radius 1 is 0.889 bits per heavy atom. The minimum absolute atomic E-state index is 0.106. The molecule has 3 atom stereocenters. The highest BCUT2D eigenvalue weighted by Crippen LogP contribution is 2.38. The third-order valence-corrected chi connectivity index (χ3v) is 6.97. The number of rotatable bonds is 8.